The average molecular weight is 239 g/mol. The molecule has 0 spiro atoms. The third kappa shape index (κ3) is 4.73. The first-order chi connectivity index (χ1) is 8.17. The van der Waals surface area contributed by atoms with Gasteiger partial charge in [-0.15, -0.1) is 0 Å². The zero-order chi connectivity index (χ0) is 12.7. The van der Waals surface area contributed by atoms with E-state index in [9.17, 15) is 4.39 Å². The maximum Gasteiger partial charge on any atom is 0.165 e. The molecule has 3 heteroatoms. The van der Waals surface area contributed by atoms with E-state index >= 15 is 0 Å². The third-order valence-electron chi connectivity index (χ3n) is 2.60. The fourth-order valence-corrected chi connectivity index (χ4v) is 1.70. The Balaban J connectivity index is 2.62. The summed E-state index contributed by atoms with van der Waals surface area (Å²) in [5, 5.41) is 3.16. The highest BCUT2D eigenvalue weighted by Gasteiger charge is 2.08. The molecule has 0 heterocycles. The van der Waals surface area contributed by atoms with E-state index in [4.69, 9.17) is 4.74 Å². The Morgan fingerprint density at radius 3 is 2.71 bits per heavy atom. The minimum absolute atomic E-state index is 0.0640. The summed E-state index contributed by atoms with van der Waals surface area (Å²) in [5.74, 6) is 0.0783. The summed E-state index contributed by atoms with van der Waals surface area (Å²) in [7, 11) is 0. The van der Waals surface area contributed by atoms with Crippen molar-refractivity contribution in [2.45, 2.75) is 46.3 Å². The zero-order valence-corrected chi connectivity index (χ0v) is 10.9. The highest BCUT2D eigenvalue weighted by molar-refractivity contribution is 5.29. The fourth-order valence-electron chi connectivity index (χ4n) is 1.70. The number of hydrogen-bond donors (Lipinski definition) is 1. The lowest BCUT2D eigenvalue weighted by Crippen LogP contribution is -2.13. The SMILES string of the molecule is CCCC(C)Oc1ccc(CNCC)cc1F. The Labute approximate surface area is 103 Å². The van der Waals surface area contributed by atoms with Gasteiger partial charge in [-0.3, -0.25) is 0 Å². The zero-order valence-electron chi connectivity index (χ0n) is 10.9. The molecule has 1 unspecified atom stereocenters. The van der Waals surface area contributed by atoms with E-state index in [1.54, 1.807) is 6.07 Å². The Kier molecular flexibility index (Phi) is 5.98. The molecule has 1 aromatic rings. The van der Waals surface area contributed by atoms with Crippen molar-refractivity contribution in [3.63, 3.8) is 0 Å². The van der Waals surface area contributed by atoms with E-state index in [1.807, 2.05) is 19.9 Å². The van der Waals surface area contributed by atoms with Crippen molar-refractivity contribution in [3.05, 3.63) is 29.6 Å². The minimum atomic E-state index is -0.275. The van der Waals surface area contributed by atoms with Gasteiger partial charge in [0, 0.05) is 6.54 Å². The summed E-state index contributed by atoms with van der Waals surface area (Å²) < 4.78 is 19.3. The van der Waals surface area contributed by atoms with Crippen LogP contribution in [0, 0.1) is 5.82 Å². The standard InChI is InChI=1S/C14H22FNO/c1-4-6-11(3)17-14-8-7-12(9-13(14)15)10-16-5-2/h7-9,11,16H,4-6,10H2,1-3H3. The van der Waals surface area contributed by atoms with Crippen LogP contribution in [0.2, 0.25) is 0 Å². The molecule has 0 aliphatic heterocycles. The Bertz CT molecular complexity index is 341. The molecule has 2 nitrogen and oxygen atoms in total. The van der Waals surface area contributed by atoms with Gasteiger partial charge in [-0.05, 0) is 37.6 Å². The normalized spacial score (nSPS) is 12.5. The molecule has 96 valence electrons. The number of halogens is 1. The molecule has 0 radical (unpaired) electrons. The summed E-state index contributed by atoms with van der Waals surface area (Å²) in [6.45, 7) is 7.66. The molecule has 0 fully saturated rings. The first-order valence-electron chi connectivity index (χ1n) is 6.33. The van der Waals surface area contributed by atoms with Crippen LogP contribution in [0.3, 0.4) is 0 Å². The number of rotatable bonds is 7. The molecular formula is C14H22FNO. The topological polar surface area (TPSA) is 21.3 Å². The van der Waals surface area contributed by atoms with Gasteiger partial charge in [0.05, 0.1) is 6.10 Å². The van der Waals surface area contributed by atoms with Gasteiger partial charge >= 0.3 is 0 Å². The molecule has 0 saturated heterocycles. The second kappa shape index (κ2) is 7.28. The number of hydrogen-bond acceptors (Lipinski definition) is 2. The number of benzene rings is 1. The highest BCUT2D eigenvalue weighted by atomic mass is 19.1. The molecule has 1 aromatic carbocycles. The van der Waals surface area contributed by atoms with Crippen LogP contribution < -0.4 is 10.1 Å². The summed E-state index contributed by atoms with van der Waals surface area (Å²) in [6.07, 6.45) is 2.05. The van der Waals surface area contributed by atoms with Gasteiger partial charge in [-0.25, -0.2) is 4.39 Å². The van der Waals surface area contributed by atoms with Gasteiger partial charge in [0.15, 0.2) is 11.6 Å². The molecule has 0 amide bonds. The number of ether oxygens (including phenoxy) is 1. The van der Waals surface area contributed by atoms with Crippen LogP contribution in [0.4, 0.5) is 4.39 Å². The molecule has 0 aliphatic carbocycles. The van der Waals surface area contributed by atoms with Gasteiger partial charge in [-0.1, -0.05) is 26.3 Å². The summed E-state index contributed by atoms with van der Waals surface area (Å²) >= 11 is 0. The van der Waals surface area contributed by atoms with E-state index < -0.39 is 0 Å². The lowest BCUT2D eigenvalue weighted by molar-refractivity contribution is 0.200. The van der Waals surface area contributed by atoms with E-state index in [2.05, 4.69) is 12.2 Å². The van der Waals surface area contributed by atoms with Gasteiger partial charge in [-0.2, -0.15) is 0 Å². The summed E-state index contributed by atoms with van der Waals surface area (Å²) in [6, 6.07) is 5.16. The maximum absolute atomic E-state index is 13.7. The van der Waals surface area contributed by atoms with Gasteiger partial charge in [0.25, 0.3) is 0 Å². The lowest BCUT2D eigenvalue weighted by atomic mass is 10.2. The van der Waals surface area contributed by atoms with Gasteiger partial charge in [0.1, 0.15) is 0 Å². The highest BCUT2D eigenvalue weighted by Crippen LogP contribution is 2.20. The van der Waals surface area contributed by atoms with Crippen molar-refractivity contribution in [1.82, 2.24) is 5.32 Å². The quantitative estimate of drug-likeness (QED) is 0.786. The predicted octanol–water partition coefficient (Wildman–Crippen LogP) is 3.50. The van der Waals surface area contributed by atoms with E-state index in [-0.39, 0.29) is 11.9 Å². The van der Waals surface area contributed by atoms with Crippen molar-refractivity contribution in [3.8, 4) is 5.75 Å². The molecule has 1 N–H and O–H groups in total. The molecule has 0 aliphatic rings. The average Bonchev–Trinajstić information content (AvgIpc) is 2.30. The number of nitrogens with one attached hydrogen (secondary N) is 1. The van der Waals surface area contributed by atoms with E-state index in [1.165, 1.54) is 6.07 Å². The fraction of sp³-hybridized carbons (Fsp3) is 0.571. The van der Waals surface area contributed by atoms with Gasteiger partial charge in [0.2, 0.25) is 0 Å². The Morgan fingerprint density at radius 1 is 1.35 bits per heavy atom. The first-order valence-corrected chi connectivity index (χ1v) is 6.33. The monoisotopic (exact) mass is 239 g/mol. The summed E-state index contributed by atoms with van der Waals surface area (Å²) in [5.41, 5.74) is 0.944. The predicted molar refractivity (Wildman–Crippen MR) is 68.8 cm³/mol. The molecule has 1 atom stereocenters. The van der Waals surface area contributed by atoms with Crippen LogP contribution in [0.1, 0.15) is 39.2 Å². The van der Waals surface area contributed by atoms with Crippen molar-refractivity contribution in [2.24, 2.45) is 0 Å². The van der Waals surface area contributed by atoms with Crippen LogP contribution >= 0.6 is 0 Å². The van der Waals surface area contributed by atoms with Crippen molar-refractivity contribution in [1.29, 1.82) is 0 Å². The smallest absolute Gasteiger partial charge is 0.165 e. The van der Waals surface area contributed by atoms with Gasteiger partial charge < -0.3 is 10.1 Å². The van der Waals surface area contributed by atoms with Crippen LogP contribution in [0.5, 0.6) is 5.75 Å². The second-order valence-electron chi connectivity index (χ2n) is 4.26. The Hall–Kier alpha value is -1.09. The van der Waals surface area contributed by atoms with Crippen LogP contribution in [-0.2, 0) is 6.54 Å². The van der Waals surface area contributed by atoms with Crippen LogP contribution in [-0.4, -0.2) is 12.6 Å². The van der Waals surface area contributed by atoms with Crippen molar-refractivity contribution in [2.75, 3.05) is 6.54 Å². The molecular weight excluding hydrogens is 217 g/mol. The maximum atomic E-state index is 13.7. The van der Waals surface area contributed by atoms with Crippen molar-refractivity contribution < 1.29 is 9.13 Å². The minimum Gasteiger partial charge on any atom is -0.488 e. The first kappa shape index (κ1) is 14.0. The lowest BCUT2D eigenvalue weighted by Gasteiger charge is -2.14. The largest absolute Gasteiger partial charge is 0.488 e. The molecule has 17 heavy (non-hydrogen) atoms. The van der Waals surface area contributed by atoms with E-state index in [0.29, 0.717) is 12.3 Å². The van der Waals surface area contributed by atoms with Crippen LogP contribution in [0.15, 0.2) is 18.2 Å². The van der Waals surface area contributed by atoms with Crippen molar-refractivity contribution >= 4 is 0 Å². The molecule has 0 saturated carbocycles. The molecule has 1 rings (SSSR count). The second-order valence-corrected chi connectivity index (χ2v) is 4.26. The Morgan fingerprint density at radius 2 is 2.12 bits per heavy atom. The van der Waals surface area contributed by atoms with Crippen LogP contribution in [0.25, 0.3) is 0 Å². The molecule has 0 aromatic heterocycles. The molecule has 0 bridgehead atoms. The summed E-state index contributed by atoms with van der Waals surface area (Å²) in [4.78, 5) is 0. The van der Waals surface area contributed by atoms with E-state index in [0.717, 1.165) is 24.9 Å². The third-order valence-corrected chi connectivity index (χ3v) is 2.60.